The number of nitrogens with zero attached hydrogens (tertiary/aromatic N) is 1. The van der Waals surface area contributed by atoms with Crippen LogP contribution in [0, 0.1) is 12.8 Å². The van der Waals surface area contributed by atoms with Gasteiger partial charge in [-0.3, -0.25) is 0 Å². The largest absolute Gasteiger partial charge is 0.480 e. The maximum Gasteiger partial charge on any atom is 0.326 e. The molecule has 0 aliphatic heterocycles. The zero-order chi connectivity index (χ0) is 14.4. The van der Waals surface area contributed by atoms with Gasteiger partial charge in [0.15, 0.2) is 0 Å². The van der Waals surface area contributed by atoms with Gasteiger partial charge in [0.1, 0.15) is 6.04 Å². The first-order valence-electron chi connectivity index (χ1n) is 6.07. The summed E-state index contributed by atoms with van der Waals surface area (Å²) in [4.78, 5) is 27.6. The lowest BCUT2D eigenvalue weighted by Gasteiger charge is -2.16. The zero-order valence-electron chi connectivity index (χ0n) is 11.3. The molecule has 0 bridgehead atoms. The van der Waals surface area contributed by atoms with Crippen molar-refractivity contribution in [2.24, 2.45) is 5.92 Å². The van der Waals surface area contributed by atoms with Crippen LogP contribution in [0.25, 0.3) is 0 Å². The van der Waals surface area contributed by atoms with Crippen molar-refractivity contribution in [3.63, 3.8) is 0 Å². The summed E-state index contributed by atoms with van der Waals surface area (Å²) in [5.41, 5.74) is 0. The van der Waals surface area contributed by atoms with Crippen LogP contribution >= 0.6 is 11.3 Å². The number of hydrogen-bond acceptors (Lipinski definition) is 4. The second-order valence-corrected chi connectivity index (χ2v) is 6.01. The Hall–Kier alpha value is -1.63. The summed E-state index contributed by atoms with van der Waals surface area (Å²) in [6.07, 6.45) is 2.10. The predicted molar refractivity (Wildman–Crippen MR) is 73.1 cm³/mol. The molecule has 3 N–H and O–H groups in total. The van der Waals surface area contributed by atoms with Crippen molar-refractivity contribution in [1.82, 2.24) is 15.6 Å². The molecule has 1 heterocycles. The molecule has 7 heteroatoms. The van der Waals surface area contributed by atoms with Crippen molar-refractivity contribution in [1.29, 1.82) is 0 Å². The average molecular weight is 285 g/mol. The highest BCUT2D eigenvalue weighted by Gasteiger charge is 2.20. The molecule has 0 aromatic carbocycles. The molecule has 6 nitrogen and oxygen atoms in total. The Morgan fingerprint density at radius 3 is 2.63 bits per heavy atom. The van der Waals surface area contributed by atoms with E-state index in [-0.39, 0.29) is 5.92 Å². The summed E-state index contributed by atoms with van der Waals surface area (Å²) in [5.74, 6) is -0.817. The summed E-state index contributed by atoms with van der Waals surface area (Å²) in [6.45, 7) is 6.06. The summed E-state index contributed by atoms with van der Waals surface area (Å²) < 4.78 is 0. The van der Waals surface area contributed by atoms with Crippen LogP contribution in [0.1, 0.15) is 30.2 Å². The molecule has 0 aliphatic carbocycles. The van der Waals surface area contributed by atoms with Crippen LogP contribution in [0.3, 0.4) is 0 Å². The third-order valence-corrected chi connectivity index (χ3v) is 3.32. The van der Waals surface area contributed by atoms with Gasteiger partial charge in [-0.1, -0.05) is 13.8 Å². The van der Waals surface area contributed by atoms with Crippen LogP contribution in [-0.2, 0) is 11.3 Å². The molecule has 1 rings (SSSR count). The van der Waals surface area contributed by atoms with Crippen molar-refractivity contribution in [3.8, 4) is 0 Å². The first-order valence-corrected chi connectivity index (χ1v) is 6.88. The molecule has 106 valence electrons. The number of rotatable bonds is 6. The van der Waals surface area contributed by atoms with Crippen LogP contribution in [0.5, 0.6) is 0 Å². The number of carboxylic acid groups (broad SMARTS) is 1. The molecule has 2 amide bonds. The van der Waals surface area contributed by atoms with Gasteiger partial charge in [-0.05, 0) is 19.3 Å². The van der Waals surface area contributed by atoms with E-state index in [0.29, 0.717) is 13.0 Å². The molecule has 0 unspecified atom stereocenters. The summed E-state index contributed by atoms with van der Waals surface area (Å²) in [6, 6.07) is -1.33. The van der Waals surface area contributed by atoms with Gasteiger partial charge < -0.3 is 15.7 Å². The van der Waals surface area contributed by atoms with Gasteiger partial charge >= 0.3 is 12.0 Å². The lowest BCUT2D eigenvalue weighted by atomic mass is 10.0. The van der Waals surface area contributed by atoms with E-state index in [2.05, 4.69) is 15.6 Å². The SMILES string of the molecule is Cc1ncc(CNC(=O)N[C@@H](CC(C)C)C(=O)O)s1. The normalized spacial score (nSPS) is 12.2. The van der Waals surface area contributed by atoms with E-state index in [9.17, 15) is 9.59 Å². The van der Waals surface area contributed by atoms with E-state index in [4.69, 9.17) is 5.11 Å². The number of carbonyl (C=O) groups is 2. The molecule has 0 radical (unpaired) electrons. The lowest BCUT2D eigenvalue weighted by molar-refractivity contribution is -0.139. The number of carbonyl (C=O) groups excluding carboxylic acids is 1. The number of nitrogens with one attached hydrogen (secondary N) is 2. The highest BCUT2D eigenvalue weighted by molar-refractivity contribution is 7.11. The zero-order valence-corrected chi connectivity index (χ0v) is 12.1. The summed E-state index contributed by atoms with van der Waals surface area (Å²) in [5, 5.41) is 15.0. The summed E-state index contributed by atoms with van der Waals surface area (Å²) in [7, 11) is 0. The van der Waals surface area contributed by atoms with Gasteiger partial charge in [0, 0.05) is 11.1 Å². The molecule has 0 saturated heterocycles. The molecule has 1 aromatic rings. The highest BCUT2D eigenvalue weighted by Crippen LogP contribution is 2.10. The Morgan fingerprint density at radius 2 is 2.16 bits per heavy atom. The first kappa shape index (κ1) is 15.4. The minimum absolute atomic E-state index is 0.200. The average Bonchev–Trinajstić information content (AvgIpc) is 2.71. The predicted octanol–water partition coefficient (Wildman–Crippen LogP) is 1.75. The molecule has 1 aromatic heterocycles. The van der Waals surface area contributed by atoms with Crippen LogP contribution < -0.4 is 10.6 Å². The van der Waals surface area contributed by atoms with Crippen molar-refractivity contribution in [2.45, 2.75) is 39.8 Å². The molecule has 0 saturated carbocycles. The number of hydrogen-bond donors (Lipinski definition) is 3. The molecular formula is C12H19N3O3S. The Morgan fingerprint density at radius 1 is 1.47 bits per heavy atom. The molecular weight excluding hydrogens is 266 g/mol. The quantitative estimate of drug-likeness (QED) is 0.742. The number of aromatic nitrogens is 1. The van der Waals surface area contributed by atoms with Crippen LogP contribution in [0.2, 0.25) is 0 Å². The molecule has 0 fully saturated rings. The maximum atomic E-state index is 11.6. The fourth-order valence-electron chi connectivity index (χ4n) is 1.56. The number of carboxylic acids is 1. The van der Waals surface area contributed by atoms with E-state index in [1.54, 1.807) is 6.20 Å². The number of amides is 2. The van der Waals surface area contributed by atoms with Crippen molar-refractivity contribution < 1.29 is 14.7 Å². The second kappa shape index (κ2) is 7.08. The van der Waals surface area contributed by atoms with Crippen LogP contribution in [-0.4, -0.2) is 28.1 Å². The number of urea groups is 1. The Balaban J connectivity index is 2.42. The highest BCUT2D eigenvalue weighted by atomic mass is 32.1. The summed E-state index contributed by atoms with van der Waals surface area (Å²) >= 11 is 1.50. The molecule has 0 aliphatic rings. The third kappa shape index (κ3) is 5.69. The van der Waals surface area contributed by atoms with E-state index in [1.165, 1.54) is 11.3 Å². The minimum atomic E-state index is -1.02. The monoisotopic (exact) mass is 285 g/mol. The molecule has 1 atom stereocenters. The standard InChI is InChI=1S/C12H19N3O3S/c1-7(2)4-10(11(16)17)15-12(18)14-6-9-5-13-8(3)19-9/h5,7,10H,4,6H2,1-3H3,(H,16,17)(H2,14,15,18)/t10-/m0/s1. The molecule has 19 heavy (non-hydrogen) atoms. The topological polar surface area (TPSA) is 91.3 Å². The third-order valence-electron chi connectivity index (χ3n) is 2.40. The van der Waals surface area contributed by atoms with Gasteiger partial charge in [-0.25, -0.2) is 14.6 Å². The van der Waals surface area contributed by atoms with E-state index in [0.717, 1.165) is 9.88 Å². The van der Waals surface area contributed by atoms with Crippen LogP contribution in [0.4, 0.5) is 4.79 Å². The van der Waals surface area contributed by atoms with Gasteiger partial charge in [0.2, 0.25) is 0 Å². The number of aliphatic carboxylic acids is 1. The maximum absolute atomic E-state index is 11.6. The first-order chi connectivity index (χ1) is 8.88. The number of aryl methyl sites for hydroxylation is 1. The smallest absolute Gasteiger partial charge is 0.326 e. The van der Waals surface area contributed by atoms with Gasteiger partial charge in [0.25, 0.3) is 0 Å². The van der Waals surface area contributed by atoms with Crippen molar-refractivity contribution in [2.75, 3.05) is 0 Å². The van der Waals surface area contributed by atoms with Crippen LogP contribution in [0.15, 0.2) is 6.20 Å². The Bertz CT molecular complexity index is 445. The van der Waals surface area contributed by atoms with Gasteiger partial charge in [0.05, 0.1) is 11.6 Å². The van der Waals surface area contributed by atoms with Crippen molar-refractivity contribution >= 4 is 23.3 Å². The van der Waals surface area contributed by atoms with Gasteiger partial charge in [-0.2, -0.15) is 0 Å². The molecule has 0 spiro atoms. The van der Waals surface area contributed by atoms with E-state index < -0.39 is 18.0 Å². The van der Waals surface area contributed by atoms with E-state index >= 15 is 0 Å². The van der Waals surface area contributed by atoms with E-state index in [1.807, 2.05) is 20.8 Å². The lowest BCUT2D eigenvalue weighted by Crippen LogP contribution is -2.46. The van der Waals surface area contributed by atoms with Crippen molar-refractivity contribution in [3.05, 3.63) is 16.1 Å². The second-order valence-electron chi connectivity index (χ2n) is 4.69. The Labute approximate surface area is 116 Å². The van der Waals surface area contributed by atoms with Gasteiger partial charge in [-0.15, -0.1) is 11.3 Å². The number of thiazole rings is 1. The fraction of sp³-hybridized carbons (Fsp3) is 0.583. The minimum Gasteiger partial charge on any atom is -0.480 e. The Kier molecular flexibility index (Phi) is 5.75. The fourth-order valence-corrected chi connectivity index (χ4v) is 2.29.